The first-order valence-electron chi connectivity index (χ1n) is 6.21. The van der Waals surface area contributed by atoms with E-state index in [4.69, 9.17) is 5.73 Å². The molecule has 2 N–H and O–H groups in total. The van der Waals surface area contributed by atoms with Crippen molar-refractivity contribution in [1.82, 2.24) is 0 Å². The van der Waals surface area contributed by atoms with Crippen molar-refractivity contribution in [3.63, 3.8) is 0 Å². The number of halogens is 3. The molecule has 1 fully saturated rings. The Labute approximate surface area is 120 Å². The molecule has 1 aliphatic rings. The zero-order valence-electron chi connectivity index (χ0n) is 11.3. The highest BCUT2D eigenvalue weighted by Gasteiger charge is 2.28. The van der Waals surface area contributed by atoms with Gasteiger partial charge in [-0.25, -0.2) is 4.39 Å². The second-order valence-corrected chi connectivity index (χ2v) is 7.05. The van der Waals surface area contributed by atoms with Gasteiger partial charge in [-0.15, -0.1) is 0 Å². The zero-order chi connectivity index (χ0) is 14.9. The Morgan fingerprint density at radius 3 is 2.70 bits per heavy atom. The lowest BCUT2D eigenvalue weighted by Gasteiger charge is -2.39. The van der Waals surface area contributed by atoms with Gasteiger partial charge in [0.25, 0.3) is 0 Å². The van der Waals surface area contributed by atoms with Crippen LogP contribution in [0, 0.1) is 5.82 Å². The number of hydrogen-bond acceptors (Lipinski definition) is 4. The number of alkyl halides is 2. The van der Waals surface area contributed by atoms with E-state index in [9.17, 15) is 13.2 Å². The summed E-state index contributed by atoms with van der Waals surface area (Å²) < 4.78 is 42.3. The van der Waals surface area contributed by atoms with Gasteiger partial charge in [0.2, 0.25) is 0 Å². The number of rotatable bonds is 3. The van der Waals surface area contributed by atoms with Crippen molar-refractivity contribution < 1.29 is 17.9 Å². The monoisotopic (exact) mass is 306 g/mol. The van der Waals surface area contributed by atoms with Crippen LogP contribution in [0.4, 0.5) is 24.5 Å². The maximum Gasteiger partial charge on any atom is 0.387 e. The van der Waals surface area contributed by atoms with E-state index in [1.807, 2.05) is 16.7 Å². The van der Waals surface area contributed by atoms with Crippen LogP contribution in [0.25, 0.3) is 0 Å². The van der Waals surface area contributed by atoms with E-state index in [-0.39, 0.29) is 10.4 Å². The average Bonchev–Trinajstić information content (AvgIpc) is 2.30. The largest absolute Gasteiger partial charge is 0.432 e. The van der Waals surface area contributed by atoms with Gasteiger partial charge in [-0.3, -0.25) is 0 Å². The Bertz CT molecular complexity index is 497. The zero-order valence-corrected chi connectivity index (χ0v) is 12.1. The number of nitrogens with two attached hydrogens (primary N) is 1. The lowest BCUT2D eigenvalue weighted by molar-refractivity contribution is -0.0521. The highest BCUT2D eigenvalue weighted by molar-refractivity contribution is 8.00. The summed E-state index contributed by atoms with van der Waals surface area (Å²) in [4.78, 5) is 1.98. The summed E-state index contributed by atoms with van der Waals surface area (Å²) in [6, 6.07) is 2.28. The molecule has 112 valence electrons. The van der Waals surface area contributed by atoms with E-state index in [2.05, 4.69) is 18.6 Å². The Hall–Kier alpha value is -1.24. The quantitative estimate of drug-likeness (QED) is 0.869. The topological polar surface area (TPSA) is 38.5 Å². The van der Waals surface area contributed by atoms with Gasteiger partial charge >= 0.3 is 6.61 Å². The number of hydrogen-bond donors (Lipinski definition) is 1. The summed E-state index contributed by atoms with van der Waals surface area (Å²) in [5, 5.41) is 0. The van der Waals surface area contributed by atoms with Gasteiger partial charge in [0, 0.05) is 35.7 Å². The molecule has 0 atom stereocenters. The van der Waals surface area contributed by atoms with Crippen LogP contribution in [0.2, 0.25) is 0 Å². The predicted molar refractivity (Wildman–Crippen MR) is 76.2 cm³/mol. The highest BCUT2D eigenvalue weighted by atomic mass is 32.2. The molecule has 7 heteroatoms. The van der Waals surface area contributed by atoms with Gasteiger partial charge in [0.15, 0.2) is 11.6 Å². The Morgan fingerprint density at radius 1 is 1.40 bits per heavy atom. The molecule has 0 aliphatic carbocycles. The van der Waals surface area contributed by atoms with Crippen LogP contribution in [0.1, 0.15) is 13.8 Å². The summed E-state index contributed by atoms with van der Waals surface area (Å²) in [6.07, 6.45) is 0. The molecule has 0 unspecified atom stereocenters. The fourth-order valence-corrected chi connectivity index (χ4v) is 3.35. The van der Waals surface area contributed by atoms with Crippen LogP contribution in [-0.2, 0) is 0 Å². The molecule has 1 aromatic rings. The Balaban J connectivity index is 2.31. The third kappa shape index (κ3) is 3.45. The van der Waals surface area contributed by atoms with Crippen molar-refractivity contribution in [2.45, 2.75) is 25.2 Å². The Morgan fingerprint density at radius 2 is 2.10 bits per heavy atom. The molecule has 1 saturated heterocycles. The van der Waals surface area contributed by atoms with Gasteiger partial charge in [0.1, 0.15) is 0 Å². The van der Waals surface area contributed by atoms with E-state index in [1.165, 1.54) is 6.07 Å². The summed E-state index contributed by atoms with van der Waals surface area (Å²) in [5.74, 6) is -0.452. The summed E-state index contributed by atoms with van der Waals surface area (Å²) >= 11 is 1.83. The molecule has 0 bridgehead atoms. The first kappa shape index (κ1) is 15.2. The molecular formula is C13H17F3N2OS. The molecule has 3 nitrogen and oxygen atoms in total. The second-order valence-electron chi connectivity index (χ2n) is 5.25. The van der Waals surface area contributed by atoms with Crippen LogP contribution in [0.15, 0.2) is 12.1 Å². The molecule has 0 spiro atoms. The second kappa shape index (κ2) is 5.63. The van der Waals surface area contributed by atoms with Crippen molar-refractivity contribution in [3.05, 3.63) is 17.9 Å². The van der Waals surface area contributed by atoms with Gasteiger partial charge in [-0.1, -0.05) is 0 Å². The molecule has 0 radical (unpaired) electrons. The van der Waals surface area contributed by atoms with E-state index >= 15 is 0 Å². The number of benzene rings is 1. The SMILES string of the molecule is CC1(C)CN(c2cc(OC(F)F)c(F)cc2N)CCS1. The lowest BCUT2D eigenvalue weighted by Crippen LogP contribution is -2.43. The van der Waals surface area contributed by atoms with Crippen LogP contribution in [0.3, 0.4) is 0 Å². The van der Waals surface area contributed by atoms with Gasteiger partial charge in [0.05, 0.1) is 11.4 Å². The van der Waals surface area contributed by atoms with Crippen LogP contribution in [-0.4, -0.2) is 30.2 Å². The number of nitrogen functional groups attached to an aromatic ring is 1. The fourth-order valence-electron chi connectivity index (χ4n) is 2.24. The van der Waals surface area contributed by atoms with Crippen LogP contribution < -0.4 is 15.4 Å². The van der Waals surface area contributed by atoms with E-state index in [0.717, 1.165) is 18.4 Å². The maximum absolute atomic E-state index is 13.5. The van der Waals surface area contributed by atoms with Crippen molar-refractivity contribution in [2.75, 3.05) is 29.5 Å². The molecule has 0 aromatic heterocycles. The van der Waals surface area contributed by atoms with Crippen molar-refractivity contribution in [1.29, 1.82) is 0 Å². The number of nitrogens with zero attached hydrogens (tertiary/aromatic N) is 1. The molecule has 2 rings (SSSR count). The number of thioether (sulfide) groups is 1. The summed E-state index contributed by atoms with van der Waals surface area (Å²) in [5.41, 5.74) is 6.57. The Kier molecular flexibility index (Phi) is 4.27. The standard InChI is InChI=1S/C13H17F3N2OS/c1-13(2)7-18(3-4-20-13)10-6-11(19-12(15)16)8(14)5-9(10)17/h5-6,12H,3-4,7,17H2,1-2H3. The summed E-state index contributed by atoms with van der Waals surface area (Å²) in [6.45, 7) is 2.58. The average molecular weight is 306 g/mol. The molecular weight excluding hydrogens is 289 g/mol. The minimum Gasteiger partial charge on any atom is -0.432 e. The van der Waals surface area contributed by atoms with Crippen LogP contribution >= 0.6 is 11.8 Å². The van der Waals surface area contributed by atoms with Gasteiger partial charge < -0.3 is 15.4 Å². The van der Waals surface area contributed by atoms with Crippen molar-refractivity contribution in [3.8, 4) is 5.75 Å². The minimum atomic E-state index is -3.06. The van der Waals surface area contributed by atoms with Gasteiger partial charge in [-0.05, 0) is 13.8 Å². The van der Waals surface area contributed by atoms with E-state index in [1.54, 1.807) is 0 Å². The maximum atomic E-state index is 13.5. The third-order valence-electron chi connectivity index (χ3n) is 3.06. The normalized spacial score (nSPS) is 18.4. The first-order valence-corrected chi connectivity index (χ1v) is 7.20. The third-order valence-corrected chi connectivity index (χ3v) is 4.36. The molecule has 20 heavy (non-hydrogen) atoms. The minimum absolute atomic E-state index is 0.0306. The molecule has 1 aromatic carbocycles. The predicted octanol–water partition coefficient (Wildman–Crippen LogP) is 3.34. The number of anilines is 2. The van der Waals surface area contributed by atoms with E-state index in [0.29, 0.717) is 12.2 Å². The molecule has 1 aliphatic heterocycles. The van der Waals surface area contributed by atoms with Crippen molar-refractivity contribution in [2.24, 2.45) is 0 Å². The lowest BCUT2D eigenvalue weighted by atomic mass is 10.1. The highest BCUT2D eigenvalue weighted by Crippen LogP contribution is 2.37. The first-order chi connectivity index (χ1) is 9.28. The summed E-state index contributed by atoms with van der Waals surface area (Å²) in [7, 11) is 0. The molecule has 1 heterocycles. The molecule has 0 saturated carbocycles. The van der Waals surface area contributed by atoms with E-state index < -0.39 is 18.2 Å². The number of ether oxygens (including phenoxy) is 1. The van der Waals surface area contributed by atoms with Crippen molar-refractivity contribution >= 4 is 23.1 Å². The fraction of sp³-hybridized carbons (Fsp3) is 0.538. The smallest absolute Gasteiger partial charge is 0.387 e. The van der Waals surface area contributed by atoms with Crippen LogP contribution in [0.5, 0.6) is 5.75 Å². The molecule has 0 amide bonds. The van der Waals surface area contributed by atoms with Gasteiger partial charge in [-0.2, -0.15) is 20.5 Å².